The first-order chi connectivity index (χ1) is 12.1. The summed E-state index contributed by atoms with van der Waals surface area (Å²) in [5, 5.41) is 10.4. The molecule has 2 aromatic carbocycles. The maximum absolute atomic E-state index is 12.5. The molecule has 3 aromatic rings. The quantitative estimate of drug-likeness (QED) is 0.595. The van der Waals surface area contributed by atoms with Gasteiger partial charge in [-0.15, -0.1) is 0 Å². The molecule has 0 fully saturated rings. The lowest BCUT2D eigenvalue weighted by Gasteiger charge is -2.20. The van der Waals surface area contributed by atoms with Gasteiger partial charge in [0.25, 0.3) is 5.91 Å². The minimum atomic E-state index is -0.172. The van der Waals surface area contributed by atoms with Crippen LogP contribution < -0.4 is 10.2 Å². The van der Waals surface area contributed by atoms with Gasteiger partial charge in [0.15, 0.2) is 0 Å². The first-order valence-corrected chi connectivity index (χ1v) is 8.67. The summed E-state index contributed by atoms with van der Waals surface area (Å²) in [5.74, 6) is 0.566. The Morgan fingerprint density at radius 2 is 2.00 bits per heavy atom. The molecule has 0 saturated heterocycles. The van der Waals surface area contributed by atoms with Gasteiger partial charge in [-0.05, 0) is 46.3 Å². The van der Waals surface area contributed by atoms with E-state index in [1.165, 1.54) is 0 Å². The molecule has 0 atom stereocenters. The van der Waals surface area contributed by atoms with Crippen LogP contribution in [0.1, 0.15) is 5.56 Å². The van der Waals surface area contributed by atoms with E-state index in [0.717, 1.165) is 27.2 Å². The highest BCUT2D eigenvalue weighted by molar-refractivity contribution is 9.10. The van der Waals surface area contributed by atoms with E-state index in [4.69, 9.17) is 11.6 Å². The van der Waals surface area contributed by atoms with Gasteiger partial charge in [-0.1, -0.05) is 23.7 Å². The van der Waals surface area contributed by atoms with Gasteiger partial charge in [0.05, 0.1) is 17.5 Å². The van der Waals surface area contributed by atoms with Crippen molar-refractivity contribution >= 4 is 56.2 Å². The van der Waals surface area contributed by atoms with Crippen molar-refractivity contribution in [2.45, 2.75) is 0 Å². The van der Waals surface area contributed by atoms with E-state index < -0.39 is 0 Å². The SMILES string of the molecule is O=C1Nc2ccc(Cl)cc2C1=CN(c1ccn[nH]1)c1ccccc1Br. The van der Waals surface area contributed by atoms with Gasteiger partial charge < -0.3 is 10.2 Å². The number of H-pyrrole nitrogens is 1. The molecular formula is C18H12BrClN4O. The Hall–Kier alpha value is -2.57. The summed E-state index contributed by atoms with van der Waals surface area (Å²) in [5.41, 5.74) is 2.93. The van der Waals surface area contributed by atoms with Crippen molar-refractivity contribution in [2.24, 2.45) is 0 Å². The summed E-state index contributed by atoms with van der Waals surface area (Å²) in [6.07, 6.45) is 3.45. The van der Waals surface area contributed by atoms with E-state index in [1.807, 2.05) is 35.2 Å². The molecule has 25 heavy (non-hydrogen) atoms. The van der Waals surface area contributed by atoms with Crippen molar-refractivity contribution in [3.8, 4) is 0 Å². The van der Waals surface area contributed by atoms with Crippen LogP contribution in [0.3, 0.4) is 0 Å². The number of nitrogens with zero attached hydrogens (tertiary/aromatic N) is 2. The van der Waals surface area contributed by atoms with Crippen LogP contribution in [0.25, 0.3) is 5.57 Å². The van der Waals surface area contributed by atoms with Crippen LogP contribution >= 0.6 is 27.5 Å². The number of halogens is 2. The van der Waals surface area contributed by atoms with Crippen LogP contribution in [-0.2, 0) is 4.79 Å². The summed E-state index contributed by atoms with van der Waals surface area (Å²) in [6, 6.07) is 14.9. The molecule has 2 N–H and O–H groups in total. The van der Waals surface area contributed by atoms with Gasteiger partial charge in [0.2, 0.25) is 0 Å². The predicted molar refractivity (Wildman–Crippen MR) is 103 cm³/mol. The van der Waals surface area contributed by atoms with Gasteiger partial charge in [0, 0.05) is 33.0 Å². The van der Waals surface area contributed by atoms with Crippen molar-refractivity contribution in [1.82, 2.24) is 10.2 Å². The molecule has 1 aromatic heterocycles. The Kier molecular flexibility index (Phi) is 4.07. The summed E-state index contributed by atoms with van der Waals surface area (Å²) in [4.78, 5) is 14.4. The maximum atomic E-state index is 12.5. The fraction of sp³-hybridized carbons (Fsp3) is 0. The average Bonchev–Trinajstić information content (AvgIpc) is 3.22. The number of hydrogen-bond acceptors (Lipinski definition) is 3. The van der Waals surface area contributed by atoms with E-state index in [-0.39, 0.29) is 5.91 Å². The number of carbonyl (C=O) groups excluding carboxylic acids is 1. The summed E-state index contributed by atoms with van der Waals surface area (Å²) >= 11 is 9.67. The molecular weight excluding hydrogens is 404 g/mol. The van der Waals surface area contributed by atoms with Crippen LogP contribution in [0.2, 0.25) is 5.02 Å². The molecule has 0 unspecified atom stereocenters. The Labute approximate surface area is 157 Å². The maximum Gasteiger partial charge on any atom is 0.257 e. The number of nitrogens with one attached hydrogen (secondary N) is 2. The highest BCUT2D eigenvalue weighted by atomic mass is 79.9. The third kappa shape index (κ3) is 2.94. The third-order valence-corrected chi connectivity index (χ3v) is 4.79. The van der Waals surface area contributed by atoms with Crippen LogP contribution in [0.5, 0.6) is 0 Å². The molecule has 7 heteroatoms. The minimum Gasteiger partial charge on any atom is -0.321 e. The Morgan fingerprint density at radius 3 is 2.76 bits per heavy atom. The number of carbonyl (C=O) groups is 1. The smallest absolute Gasteiger partial charge is 0.257 e. The molecule has 5 nitrogen and oxygen atoms in total. The normalized spacial score (nSPS) is 14.5. The molecule has 1 aliphatic heterocycles. The summed E-state index contributed by atoms with van der Waals surface area (Å²) in [7, 11) is 0. The summed E-state index contributed by atoms with van der Waals surface area (Å²) in [6.45, 7) is 0. The molecule has 1 amide bonds. The predicted octanol–water partition coefficient (Wildman–Crippen LogP) is 4.96. The first-order valence-electron chi connectivity index (χ1n) is 7.50. The van der Waals surface area contributed by atoms with Crippen LogP contribution in [-0.4, -0.2) is 16.1 Å². The van der Waals surface area contributed by atoms with Crippen molar-refractivity contribution in [3.63, 3.8) is 0 Å². The highest BCUT2D eigenvalue weighted by Gasteiger charge is 2.26. The third-order valence-electron chi connectivity index (χ3n) is 3.88. The van der Waals surface area contributed by atoms with Gasteiger partial charge >= 0.3 is 0 Å². The molecule has 0 bridgehead atoms. The number of fused-ring (bicyclic) bond motifs is 1. The molecule has 0 spiro atoms. The monoisotopic (exact) mass is 414 g/mol. The fourth-order valence-corrected chi connectivity index (χ4v) is 3.36. The molecule has 124 valence electrons. The van der Waals surface area contributed by atoms with Crippen LogP contribution in [0.4, 0.5) is 17.2 Å². The van der Waals surface area contributed by atoms with Crippen molar-refractivity contribution in [3.05, 3.63) is 76.0 Å². The molecule has 4 rings (SSSR count). The minimum absolute atomic E-state index is 0.172. The topological polar surface area (TPSA) is 61.0 Å². The van der Waals surface area contributed by atoms with E-state index in [2.05, 4.69) is 31.4 Å². The number of amides is 1. The second-order valence-corrected chi connectivity index (χ2v) is 6.74. The van der Waals surface area contributed by atoms with Crippen molar-refractivity contribution in [1.29, 1.82) is 0 Å². The lowest BCUT2D eigenvalue weighted by atomic mass is 10.1. The zero-order valence-electron chi connectivity index (χ0n) is 12.8. The Bertz CT molecular complexity index is 985. The number of aromatic nitrogens is 2. The average molecular weight is 416 g/mol. The second kappa shape index (κ2) is 6.38. The fourth-order valence-electron chi connectivity index (χ4n) is 2.72. The molecule has 0 saturated carbocycles. The van der Waals surface area contributed by atoms with Crippen LogP contribution in [0, 0.1) is 0 Å². The lowest BCUT2D eigenvalue weighted by molar-refractivity contribution is -0.110. The van der Waals surface area contributed by atoms with E-state index >= 15 is 0 Å². The Morgan fingerprint density at radius 1 is 1.16 bits per heavy atom. The molecule has 0 radical (unpaired) electrons. The number of benzene rings is 2. The zero-order valence-corrected chi connectivity index (χ0v) is 15.2. The van der Waals surface area contributed by atoms with E-state index in [0.29, 0.717) is 10.6 Å². The number of rotatable bonds is 3. The van der Waals surface area contributed by atoms with Crippen LogP contribution in [0.15, 0.2) is 65.4 Å². The van der Waals surface area contributed by atoms with E-state index in [1.54, 1.807) is 30.6 Å². The highest BCUT2D eigenvalue weighted by Crippen LogP contribution is 2.37. The standard InChI is InChI=1S/C18H12BrClN4O/c19-14-3-1-2-4-16(14)24(17-7-8-21-23-17)10-13-12-9-11(20)5-6-15(12)22-18(13)25/h1-10H,(H,21,23)(H,22,25). The second-order valence-electron chi connectivity index (χ2n) is 5.45. The zero-order chi connectivity index (χ0) is 17.4. The molecule has 0 aliphatic carbocycles. The van der Waals surface area contributed by atoms with Gasteiger partial charge in [0.1, 0.15) is 5.82 Å². The molecule has 2 heterocycles. The van der Waals surface area contributed by atoms with Gasteiger partial charge in [-0.3, -0.25) is 9.89 Å². The molecule has 1 aliphatic rings. The number of hydrogen-bond donors (Lipinski definition) is 2. The Balaban J connectivity index is 1.88. The first kappa shape index (κ1) is 15.9. The van der Waals surface area contributed by atoms with Crippen molar-refractivity contribution < 1.29 is 4.79 Å². The van der Waals surface area contributed by atoms with Gasteiger partial charge in [-0.25, -0.2) is 0 Å². The summed E-state index contributed by atoms with van der Waals surface area (Å²) < 4.78 is 0.895. The number of anilines is 3. The van der Waals surface area contributed by atoms with Crippen molar-refractivity contribution in [2.75, 3.05) is 10.2 Å². The number of para-hydroxylation sites is 1. The number of aromatic amines is 1. The largest absolute Gasteiger partial charge is 0.321 e. The van der Waals surface area contributed by atoms with E-state index in [9.17, 15) is 4.79 Å². The van der Waals surface area contributed by atoms with Gasteiger partial charge in [-0.2, -0.15) is 5.10 Å². The lowest BCUT2D eigenvalue weighted by Crippen LogP contribution is -2.13.